The Morgan fingerprint density at radius 1 is 1.35 bits per heavy atom. The van der Waals surface area contributed by atoms with Crippen LogP contribution >= 0.6 is 0 Å². The SMILES string of the molecule is CCOc1cc(/C=C/C(=O)NCC(=O)O)ccc1OC. The van der Waals surface area contributed by atoms with Crippen LogP contribution in [-0.2, 0) is 9.59 Å². The Labute approximate surface area is 117 Å². The molecule has 0 spiro atoms. The zero-order valence-electron chi connectivity index (χ0n) is 11.4. The molecule has 0 radical (unpaired) electrons. The highest BCUT2D eigenvalue weighted by Gasteiger charge is 2.04. The van der Waals surface area contributed by atoms with Crippen molar-refractivity contribution in [3.05, 3.63) is 29.8 Å². The highest BCUT2D eigenvalue weighted by atomic mass is 16.5. The second-order valence-electron chi connectivity index (χ2n) is 3.79. The number of hydrogen-bond donors (Lipinski definition) is 2. The van der Waals surface area contributed by atoms with Crippen LogP contribution in [0.25, 0.3) is 6.08 Å². The molecule has 0 bridgehead atoms. The molecular weight excluding hydrogens is 262 g/mol. The predicted molar refractivity (Wildman–Crippen MR) is 73.8 cm³/mol. The van der Waals surface area contributed by atoms with Crippen LogP contribution in [0.4, 0.5) is 0 Å². The molecule has 108 valence electrons. The Kier molecular flexibility index (Phi) is 6.09. The molecule has 1 rings (SSSR count). The lowest BCUT2D eigenvalue weighted by Gasteiger charge is -2.09. The molecule has 6 heteroatoms. The van der Waals surface area contributed by atoms with E-state index in [1.54, 1.807) is 31.4 Å². The van der Waals surface area contributed by atoms with Gasteiger partial charge in [-0.1, -0.05) is 6.07 Å². The number of hydrogen-bond acceptors (Lipinski definition) is 4. The summed E-state index contributed by atoms with van der Waals surface area (Å²) in [4.78, 5) is 21.6. The lowest BCUT2D eigenvalue weighted by molar-refractivity contribution is -0.137. The first-order valence-corrected chi connectivity index (χ1v) is 6.05. The van der Waals surface area contributed by atoms with E-state index in [1.807, 2.05) is 6.92 Å². The Morgan fingerprint density at radius 3 is 2.70 bits per heavy atom. The number of ether oxygens (including phenoxy) is 2. The van der Waals surface area contributed by atoms with Crippen LogP contribution in [0.2, 0.25) is 0 Å². The van der Waals surface area contributed by atoms with Gasteiger partial charge in [0.2, 0.25) is 5.91 Å². The van der Waals surface area contributed by atoms with Crippen LogP contribution in [0.15, 0.2) is 24.3 Å². The number of rotatable bonds is 7. The topological polar surface area (TPSA) is 84.9 Å². The fraction of sp³-hybridized carbons (Fsp3) is 0.286. The van der Waals surface area contributed by atoms with Gasteiger partial charge in [0.25, 0.3) is 0 Å². The minimum Gasteiger partial charge on any atom is -0.493 e. The van der Waals surface area contributed by atoms with Crippen molar-refractivity contribution in [2.75, 3.05) is 20.3 Å². The standard InChI is InChI=1S/C14H17NO5/c1-3-20-12-8-10(4-6-11(12)19-2)5-7-13(16)15-9-14(17)18/h4-8H,3,9H2,1-2H3,(H,15,16)(H,17,18)/b7-5+. The molecule has 0 aliphatic heterocycles. The van der Waals surface area contributed by atoms with E-state index in [9.17, 15) is 9.59 Å². The summed E-state index contributed by atoms with van der Waals surface area (Å²) in [5.41, 5.74) is 0.750. The summed E-state index contributed by atoms with van der Waals surface area (Å²) in [6.45, 7) is 1.96. The highest BCUT2D eigenvalue weighted by molar-refractivity contribution is 5.93. The molecule has 0 fully saturated rings. The van der Waals surface area contributed by atoms with Crippen molar-refractivity contribution < 1.29 is 24.2 Å². The first-order valence-electron chi connectivity index (χ1n) is 6.05. The Balaban J connectivity index is 2.74. The van der Waals surface area contributed by atoms with Crippen molar-refractivity contribution in [1.29, 1.82) is 0 Å². The molecule has 1 aromatic carbocycles. The number of amides is 1. The molecule has 0 atom stereocenters. The van der Waals surface area contributed by atoms with Gasteiger partial charge in [-0.2, -0.15) is 0 Å². The fourth-order valence-corrected chi connectivity index (χ4v) is 1.46. The molecule has 1 aromatic rings. The van der Waals surface area contributed by atoms with Crippen molar-refractivity contribution >= 4 is 18.0 Å². The average Bonchev–Trinajstić information content (AvgIpc) is 2.43. The third-order valence-electron chi connectivity index (χ3n) is 2.33. The lowest BCUT2D eigenvalue weighted by Crippen LogP contribution is -2.27. The van der Waals surface area contributed by atoms with E-state index < -0.39 is 18.4 Å². The third kappa shape index (κ3) is 5.01. The van der Waals surface area contributed by atoms with Gasteiger partial charge in [0.05, 0.1) is 13.7 Å². The van der Waals surface area contributed by atoms with Crippen LogP contribution in [0.1, 0.15) is 12.5 Å². The summed E-state index contributed by atoms with van der Waals surface area (Å²) in [5.74, 6) is -0.363. The molecule has 0 saturated heterocycles. The second-order valence-corrected chi connectivity index (χ2v) is 3.79. The third-order valence-corrected chi connectivity index (χ3v) is 2.33. The number of nitrogens with one attached hydrogen (secondary N) is 1. The molecule has 1 amide bonds. The van der Waals surface area contributed by atoms with Gasteiger partial charge < -0.3 is 19.9 Å². The summed E-state index contributed by atoms with van der Waals surface area (Å²) in [6, 6.07) is 5.24. The van der Waals surface area contributed by atoms with Crippen molar-refractivity contribution in [2.45, 2.75) is 6.92 Å². The van der Waals surface area contributed by atoms with E-state index in [4.69, 9.17) is 14.6 Å². The maximum atomic E-state index is 11.3. The van der Waals surface area contributed by atoms with Crippen molar-refractivity contribution in [3.63, 3.8) is 0 Å². The van der Waals surface area contributed by atoms with Crippen molar-refractivity contribution in [3.8, 4) is 11.5 Å². The minimum atomic E-state index is -1.09. The van der Waals surface area contributed by atoms with Gasteiger partial charge in [0, 0.05) is 6.08 Å². The summed E-state index contributed by atoms with van der Waals surface area (Å²) >= 11 is 0. The number of carbonyl (C=O) groups is 2. The minimum absolute atomic E-state index is 0.407. The number of aliphatic carboxylic acids is 1. The summed E-state index contributed by atoms with van der Waals surface area (Å²) < 4.78 is 10.6. The van der Waals surface area contributed by atoms with Gasteiger partial charge >= 0.3 is 5.97 Å². The van der Waals surface area contributed by atoms with E-state index >= 15 is 0 Å². The van der Waals surface area contributed by atoms with E-state index in [2.05, 4.69) is 5.32 Å². The molecule has 6 nitrogen and oxygen atoms in total. The van der Waals surface area contributed by atoms with Crippen molar-refractivity contribution in [1.82, 2.24) is 5.32 Å². The molecule has 20 heavy (non-hydrogen) atoms. The molecule has 0 aliphatic rings. The van der Waals surface area contributed by atoms with Crippen LogP contribution in [0, 0.1) is 0 Å². The number of carboxylic acids is 1. The lowest BCUT2D eigenvalue weighted by atomic mass is 10.2. The predicted octanol–water partition coefficient (Wildman–Crippen LogP) is 1.31. The smallest absolute Gasteiger partial charge is 0.322 e. The first-order chi connectivity index (χ1) is 9.56. The maximum Gasteiger partial charge on any atom is 0.322 e. The Morgan fingerprint density at radius 2 is 2.10 bits per heavy atom. The van der Waals surface area contributed by atoms with Crippen molar-refractivity contribution in [2.24, 2.45) is 0 Å². The van der Waals surface area contributed by atoms with Crippen LogP contribution < -0.4 is 14.8 Å². The van der Waals surface area contributed by atoms with Gasteiger partial charge in [0.15, 0.2) is 11.5 Å². The summed E-state index contributed by atoms with van der Waals surface area (Å²) in [5, 5.41) is 10.7. The van der Waals surface area contributed by atoms with Gasteiger partial charge in [-0.25, -0.2) is 0 Å². The Hall–Kier alpha value is -2.50. The van der Waals surface area contributed by atoms with Crippen LogP contribution in [-0.4, -0.2) is 37.2 Å². The van der Waals surface area contributed by atoms with E-state index in [-0.39, 0.29) is 0 Å². The number of carboxylic acid groups (broad SMARTS) is 1. The van der Waals surface area contributed by atoms with Gasteiger partial charge in [-0.15, -0.1) is 0 Å². The molecule has 0 saturated carbocycles. The normalized spacial score (nSPS) is 10.3. The van der Waals surface area contributed by atoms with Gasteiger partial charge in [0.1, 0.15) is 6.54 Å². The molecule has 0 unspecified atom stereocenters. The second kappa shape index (κ2) is 7.83. The molecule has 0 aliphatic carbocycles. The monoisotopic (exact) mass is 279 g/mol. The van der Waals surface area contributed by atoms with Crippen LogP contribution in [0.3, 0.4) is 0 Å². The average molecular weight is 279 g/mol. The van der Waals surface area contributed by atoms with E-state index in [0.717, 1.165) is 5.56 Å². The molecule has 2 N–H and O–H groups in total. The molecule has 0 heterocycles. The largest absolute Gasteiger partial charge is 0.493 e. The van der Waals surface area contributed by atoms with Gasteiger partial charge in [-0.3, -0.25) is 9.59 Å². The number of carbonyl (C=O) groups excluding carboxylic acids is 1. The first kappa shape index (κ1) is 15.6. The Bertz CT molecular complexity index is 510. The number of benzene rings is 1. The number of methoxy groups -OCH3 is 1. The quantitative estimate of drug-likeness (QED) is 0.735. The summed E-state index contributed by atoms with van der Waals surface area (Å²) in [6.07, 6.45) is 2.83. The fourth-order valence-electron chi connectivity index (χ4n) is 1.46. The van der Waals surface area contributed by atoms with Gasteiger partial charge in [-0.05, 0) is 30.7 Å². The maximum absolute atomic E-state index is 11.3. The zero-order chi connectivity index (χ0) is 15.0. The highest BCUT2D eigenvalue weighted by Crippen LogP contribution is 2.28. The summed E-state index contributed by atoms with van der Waals surface area (Å²) in [7, 11) is 1.55. The van der Waals surface area contributed by atoms with E-state index in [1.165, 1.54) is 6.08 Å². The van der Waals surface area contributed by atoms with E-state index in [0.29, 0.717) is 18.1 Å². The molecular formula is C14H17NO5. The molecule has 0 aromatic heterocycles. The zero-order valence-corrected chi connectivity index (χ0v) is 11.4. The van der Waals surface area contributed by atoms with Crippen LogP contribution in [0.5, 0.6) is 11.5 Å².